The summed E-state index contributed by atoms with van der Waals surface area (Å²) in [5.41, 5.74) is 0.809. The molecule has 2 heterocycles. The van der Waals surface area contributed by atoms with E-state index in [1.165, 1.54) is 30.7 Å². The van der Waals surface area contributed by atoms with Crippen LogP contribution in [0.2, 0.25) is 18.1 Å². The molecule has 0 bridgehead atoms. The van der Waals surface area contributed by atoms with Crippen molar-refractivity contribution >= 4 is 20.0 Å². The third-order valence-corrected chi connectivity index (χ3v) is 10.5. The highest BCUT2D eigenvalue weighted by Gasteiger charge is 2.52. The van der Waals surface area contributed by atoms with Crippen LogP contribution in [0.4, 0.5) is 0 Å². The Kier molecular flexibility index (Phi) is 8.03. The van der Waals surface area contributed by atoms with Gasteiger partial charge < -0.3 is 14.2 Å². The molecule has 2 rings (SSSR count). The monoisotopic (exact) mass is 450 g/mol. The van der Waals surface area contributed by atoms with Crippen LogP contribution in [0, 0.1) is 11.5 Å². The van der Waals surface area contributed by atoms with Crippen LogP contribution in [-0.2, 0) is 23.8 Å². The van der Waals surface area contributed by atoms with Crippen molar-refractivity contribution in [1.82, 2.24) is 9.55 Å². The van der Waals surface area contributed by atoms with Gasteiger partial charge in [-0.05, 0) is 18.1 Å². The van der Waals surface area contributed by atoms with Gasteiger partial charge in [-0.25, -0.2) is 4.79 Å². The number of H-pyrrole nitrogens is 1. The molecule has 1 aliphatic heterocycles. The SMILES string of the molecule is CC[Si](C#CC1(COC(C)=O)OC(n2ccc(=O)[nH]c2=O)CC1OC(C)=O)(CC)CC. The van der Waals surface area contributed by atoms with Crippen molar-refractivity contribution in [2.45, 2.75) is 77.1 Å². The summed E-state index contributed by atoms with van der Waals surface area (Å²) < 4.78 is 18.2. The van der Waals surface area contributed by atoms with Gasteiger partial charge in [0, 0.05) is 32.5 Å². The Morgan fingerprint density at radius 1 is 1.23 bits per heavy atom. The molecule has 0 spiro atoms. The minimum Gasteiger partial charge on any atom is -0.462 e. The van der Waals surface area contributed by atoms with Crippen LogP contribution in [0.25, 0.3) is 0 Å². The van der Waals surface area contributed by atoms with Crippen LogP contribution in [0.1, 0.15) is 47.3 Å². The molecule has 1 aromatic heterocycles. The molecule has 31 heavy (non-hydrogen) atoms. The van der Waals surface area contributed by atoms with Crippen LogP contribution >= 0.6 is 0 Å². The second-order valence-electron chi connectivity index (χ2n) is 7.68. The molecule has 0 amide bonds. The van der Waals surface area contributed by atoms with Crippen molar-refractivity contribution in [3.8, 4) is 11.5 Å². The average molecular weight is 451 g/mol. The number of hydrogen-bond acceptors (Lipinski definition) is 7. The number of esters is 2. The van der Waals surface area contributed by atoms with Gasteiger partial charge in [-0.1, -0.05) is 26.7 Å². The lowest BCUT2D eigenvalue weighted by molar-refractivity contribution is -0.164. The second kappa shape index (κ2) is 10.1. The first-order valence-corrected chi connectivity index (χ1v) is 13.1. The lowest BCUT2D eigenvalue weighted by Crippen LogP contribution is -2.46. The Hall–Kier alpha value is -2.64. The number of hydrogen-bond donors (Lipinski definition) is 1. The number of rotatable bonds is 7. The van der Waals surface area contributed by atoms with Crippen LogP contribution < -0.4 is 11.2 Å². The zero-order chi connectivity index (χ0) is 23.2. The maximum absolute atomic E-state index is 12.3. The molecular formula is C21H30N2O7Si. The topological polar surface area (TPSA) is 117 Å². The summed E-state index contributed by atoms with van der Waals surface area (Å²) in [6.07, 6.45) is -0.298. The number of nitrogens with one attached hydrogen (secondary N) is 1. The van der Waals surface area contributed by atoms with E-state index in [1.54, 1.807) is 0 Å². The van der Waals surface area contributed by atoms with E-state index in [-0.39, 0.29) is 13.0 Å². The van der Waals surface area contributed by atoms with Crippen molar-refractivity contribution in [2.75, 3.05) is 6.61 Å². The molecule has 1 aromatic rings. The van der Waals surface area contributed by atoms with Gasteiger partial charge in [-0.2, -0.15) is 0 Å². The zero-order valence-corrected chi connectivity index (χ0v) is 19.6. The summed E-state index contributed by atoms with van der Waals surface area (Å²) in [5.74, 6) is 2.11. The largest absolute Gasteiger partial charge is 0.462 e. The van der Waals surface area contributed by atoms with Crippen molar-refractivity contribution in [2.24, 2.45) is 0 Å². The number of ether oxygens (including phenoxy) is 3. The van der Waals surface area contributed by atoms with E-state index in [0.29, 0.717) is 0 Å². The standard InChI is InChI=1S/C21H30N2O7Si/c1-6-31(7-2,8-3)12-10-21(14-28-15(4)24)17(29-16(5)25)13-19(30-21)23-11-9-18(26)22-20(23)27/h9,11,17,19H,6-8,13-14H2,1-5H3,(H,22,26,27). The molecule has 3 atom stereocenters. The Bertz CT molecular complexity index is 977. The van der Waals surface area contributed by atoms with E-state index < -0.39 is 49.2 Å². The third kappa shape index (κ3) is 5.74. The molecule has 1 saturated heterocycles. The second-order valence-corrected chi connectivity index (χ2v) is 12.6. The summed E-state index contributed by atoms with van der Waals surface area (Å²) >= 11 is 0. The van der Waals surface area contributed by atoms with Gasteiger partial charge in [0.1, 0.15) is 27.0 Å². The molecule has 9 nitrogen and oxygen atoms in total. The summed E-state index contributed by atoms with van der Waals surface area (Å²) in [6.45, 7) is 8.61. The van der Waals surface area contributed by atoms with Gasteiger partial charge in [-0.15, -0.1) is 5.54 Å². The summed E-state index contributed by atoms with van der Waals surface area (Å²) in [5, 5.41) is 0. The van der Waals surface area contributed by atoms with Crippen molar-refractivity contribution in [3.63, 3.8) is 0 Å². The molecule has 170 valence electrons. The number of aromatic amines is 1. The van der Waals surface area contributed by atoms with Crippen LogP contribution in [0.3, 0.4) is 0 Å². The normalized spacial score (nSPS) is 23.0. The smallest absolute Gasteiger partial charge is 0.330 e. The first-order valence-electron chi connectivity index (χ1n) is 10.4. The molecule has 0 aromatic carbocycles. The zero-order valence-electron chi connectivity index (χ0n) is 18.6. The minimum atomic E-state index is -1.92. The third-order valence-electron chi connectivity index (χ3n) is 5.81. The molecular weight excluding hydrogens is 420 g/mol. The van der Waals surface area contributed by atoms with Gasteiger partial charge in [0.2, 0.25) is 5.60 Å². The van der Waals surface area contributed by atoms with Gasteiger partial charge in [0.25, 0.3) is 5.56 Å². The maximum atomic E-state index is 12.3. The summed E-state index contributed by atoms with van der Waals surface area (Å²) in [6, 6.07) is 4.03. The first kappa shape index (κ1) is 24.6. The van der Waals surface area contributed by atoms with Gasteiger partial charge >= 0.3 is 17.6 Å². The number of aromatic nitrogens is 2. The Morgan fingerprint density at radius 3 is 2.39 bits per heavy atom. The van der Waals surface area contributed by atoms with E-state index in [1.807, 2.05) is 0 Å². The molecule has 0 radical (unpaired) electrons. The van der Waals surface area contributed by atoms with E-state index in [2.05, 4.69) is 37.2 Å². The molecule has 0 aliphatic carbocycles. The van der Waals surface area contributed by atoms with Crippen molar-refractivity contribution < 1.29 is 23.8 Å². The van der Waals surface area contributed by atoms with Gasteiger partial charge in [0.05, 0.1) is 0 Å². The lowest BCUT2D eigenvalue weighted by Gasteiger charge is -2.29. The fourth-order valence-corrected chi connectivity index (χ4v) is 6.15. The lowest BCUT2D eigenvalue weighted by atomic mass is 9.98. The molecule has 3 unspecified atom stereocenters. The highest BCUT2D eigenvalue weighted by Crippen LogP contribution is 2.39. The quantitative estimate of drug-likeness (QED) is 0.382. The van der Waals surface area contributed by atoms with Crippen LogP contribution in [0.15, 0.2) is 21.9 Å². The van der Waals surface area contributed by atoms with E-state index in [4.69, 9.17) is 14.2 Å². The molecule has 1 fully saturated rings. The predicted octanol–water partition coefficient (Wildman–Crippen LogP) is 1.74. The van der Waals surface area contributed by atoms with Gasteiger partial charge in [0.15, 0.2) is 0 Å². The van der Waals surface area contributed by atoms with Crippen molar-refractivity contribution in [1.29, 1.82) is 0 Å². The van der Waals surface area contributed by atoms with Crippen LogP contribution in [0.5, 0.6) is 0 Å². The number of nitrogens with zero attached hydrogens (tertiary/aromatic N) is 1. The van der Waals surface area contributed by atoms with Crippen LogP contribution in [-0.4, -0.2) is 47.9 Å². The fraction of sp³-hybridized carbons (Fsp3) is 0.619. The minimum absolute atomic E-state index is 0.112. The molecule has 10 heteroatoms. The first-order chi connectivity index (χ1) is 14.6. The number of carbonyl (C=O) groups excluding carboxylic acids is 2. The molecule has 0 saturated carbocycles. The Labute approximate surface area is 182 Å². The van der Waals surface area contributed by atoms with Gasteiger partial charge in [-0.3, -0.25) is 23.9 Å². The highest BCUT2D eigenvalue weighted by atomic mass is 28.3. The van der Waals surface area contributed by atoms with E-state index >= 15 is 0 Å². The maximum Gasteiger partial charge on any atom is 0.330 e. The number of carbonyl (C=O) groups is 2. The fourth-order valence-electron chi connectivity index (χ4n) is 3.64. The Balaban J connectivity index is 2.57. The summed E-state index contributed by atoms with van der Waals surface area (Å²) in [4.78, 5) is 49.3. The summed E-state index contributed by atoms with van der Waals surface area (Å²) in [7, 11) is -1.92. The molecule has 1 aliphatic rings. The highest BCUT2D eigenvalue weighted by molar-refractivity contribution is 6.87. The van der Waals surface area contributed by atoms with E-state index in [0.717, 1.165) is 18.1 Å². The van der Waals surface area contributed by atoms with E-state index in [9.17, 15) is 19.2 Å². The predicted molar refractivity (Wildman–Crippen MR) is 116 cm³/mol. The Morgan fingerprint density at radius 2 is 1.87 bits per heavy atom. The average Bonchev–Trinajstić information content (AvgIpc) is 3.05. The van der Waals surface area contributed by atoms with Crippen molar-refractivity contribution in [3.05, 3.63) is 33.1 Å². The molecule has 1 N–H and O–H groups in total.